The van der Waals surface area contributed by atoms with Crippen LogP contribution in [0.2, 0.25) is 0 Å². The zero-order valence-electron chi connectivity index (χ0n) is 18.9. The first kappa shape index (κ1) is 23.3. The first-order valence-electron chi connectivity index (χ1n) is 11.3. The molecule has 4 rings (SSSR count). The van der Waals surface area contributed by atoms with Crippen LogP contribution in [-0.2, 0) is 6.42 Å². The smallest absolute Gasteiger partial charge is 0.252 e. The maximum Gasteiger partial charge on any atom is 0.252 e. The largest absolute Gasteiger partial charge is 0.374 e. The Morgan fingerprint density at radius 2 is 2.06 bits per heavy atom. The number of aromatic nitrogens is 2. The van der Waals surface area contributed by atoms with Crippen molar-refractivity contribution in [1.82, 2.24) is 15.3 Å². The fourth-order valence-electron chi connectivity index (χ4n) is 3.69. The fraction of sp³-hybridized carbons (Fsp3) is 0.308. The predicted octanol–water partition coefficient (Wildman–Crippen LogP) is 3.68. The van der Waals surface area contributed by atoms with Crippen LogP contribution in [0, 0.1) is 23.1 Å². The summed E-state index contributed by atoms with van der Waals surface area (Å²) in [6.07, 6.45) is 5.13. The average molecular weight is 460 g/mol. The highest BCUT2D eigenvalue weighted by Gasteiger charge is 2.27. The molecule has 1 atom stereocenters. The van der Waals surface area contributed by atoms with Gasteiger partial charge in [0.1, 0.15) is 23.8 Å². The zero-order chi connectivity index (χ0) is 24.1. The van der Waals surface area contributed by atoms with Crippen molar-refractivity contribution in [3.05, 3.63) is 77.5 Å². The van der Waals surface area contributed by atoms with Crippen molar-refractivity contribution in [3.8, 4) is 17.3 Å². The summed E-state index contributed by atoms with van der Waals surface area (Å²) < 4.78 is 14.9. The van der Waals surface area contributed by atoms with E-state index in [4.69, 9.17) is 5.26 Å². The number of hydrogen-bond donors (Lipinski definition) is 2. The number of aliphatic hydroxyl groups is 1. The Morgan fingerprint density at radius 1 is 1.24 bits per heavy atom. The number of aliphatic hydroxyl groups excluding tert-OH is 1. The predicted molar refractivity (Wildman–Crippen MR) is 126 cm³/mol. The van der Waals surface area contributed by atoms with Crippen LogP contribution in [-0.4, -0.2) is 40.3 Å². The number of amides is 1. The molecule has 1 aromatic carbocycles. The van der Waals surface area contributed by atoms with E-state index >= 15 is 0 Å². The highest BCUT2D eigenvalue weighted by molar-refractivity contribution is 5.94. The third-order valence-electron chi connectivity index (χ3n) is 5.82. The molecule has 0 saturated heterocycles. The lowest BCUT2D eigenvalue weighted by Gasteiger charge is -2.28. The van der Waals surface area contributed by atoms with Crippen molar-refractivity contribution in [1.29, 1.82) is 5.26 Å². The number of carbonyl (C=O) groups is 1. The van der Waals surface area contributed by atoms with Crippen LogP contribution in [0.1, 0.15) is 41.4 Å². The molecule has 8 heteroatoms. The van der Waals surface area contributed by atoms with Crippen molar-refractivity contribution in [2.24, 2.45) is 5.92 Å². The molecule has 1 saturated carbocycles. The molecule has 1 fully saturated rings. The van der Waals surface area contributed by atoms with Crippen molar-refractivity contribution < 1.29 is 14.3 Å². The highest BCUT2D eigenvalue weighted by atomic mass is 19.1. The summed E-state index contributed by atoms with van der Waals surface area (Å²) in [5.41, 5.74) is 3.20. The van der Waals surface area contributed by atoms with Gasteiger partial charge in [0.15, 0.2) is 0 Å². The molecule has 1 aliphatic rings. The van der Waals surface area contributed by atoms with E-state index in [-0.39, 0.29) is 5.91 Å². The minimum atomic E-state index is -0.773. The van der Waals surface area contributed by atoms with Crippen LogP contribution < -0.4 is 10.2 Å². The van der Waals surface area contributed by atoms with Gasteiger partial charge in [-0.25, -0.2) is 9.37 Å². The Morgan fingerprint density at radius 3 is 2.65 bits per heavy atom. The van der Waals surface area contributed by atoms with E-state index in [2.05, 4.69) is 15.3 Å². The van der Waals surface area contributed by atoms with Crippen LogP contribution in [0.25, 0.3) is 11.3 Å². The van der Waals surface area contributed by atoms with Crippen molar-refractivity contribution in [3.63, 3.8) is 0 Å². The Kier molecular flexibility index (Phi) is 7.14. The second kappa shape index (κ2) is 10.4. The minimum absolute atomic E-state index is 0.255. The molecule has 1 unspecified atom stereocenters. The molecule has 174 valence electrons. The summed E-state index contributed by atoms with van der Waals surface area (Å²) in [6, 6.07) is 13.6. The lowest BCUT2D eigenvalue weighted by Crippen LogP contribution is -2.35. The van der Waals surface area contributed by atoms with Gasteiger partial charge < -0.3 is 15.3 Å². The summed E-state index contributed by atoms with van der Waals surface area (Å²) >= 11 is 0. The summed E-state index contributed by atoms with van der Waals surface area (Å²) in [4.78, 5) is 22.4. The van der Waals surface area contributed by atoms with Crippen LogP contribution in [0.3, 0.4) is 0 Å². The van der Waals surface area contributed by atoms with Crippen molar-refractivity contribution in [2.45, 2.75) is 32.4 Å². The molecular formula is C26H26FN5O2. The van der Waals surface area contributed by atoms with Gasteiger partial charge in [-0.3, -0.25) is 9.78 Å². The zero-order valence-corrected chi connectivity index (χ0v) is 18.9. The van der Waals surface area contributed by atoms with E-state index in [9.17, 15) is 14.3 Å². The molecule has 0 aliphatic heterocycles. The number of rotatable bonds is 9. The first-order chi connectivity index (χ1) is 16.4. The average Bonchev–Trinajstić information content (AvgIpc) is 3.67. The van der Waals surface area contributed by atoms with Crippen LogP contribution in [0.4, 0.5) is 10.1 Å². The topological polar surface area (TPSA) is 102 Å². The Bertz CT molecular complexity index is 1190. The van der Waals surface area contributed by atoms with E-state index in [0.717, 1.165) is 18.4 Å². The standard InChI is InChI=1S/C26H26FN5O2/c1-17(33)32(16-19-2-3-19)25-9-6-20(12-23(25)27)24-8-5-21(15-31-24)26(34)29-11-10-18-4-7-22(13-28)30-14-18/h4-9,12,14-15,17,19,33H,2-3,10-11,16H2,1H3,(H,29,34). The van der Waals surface area contributed by atoms with Gasteiger partial charge >= 0.3 is 0 Å². The number of nitrogens with one attached hydrogen (secondary N) is 1. The monoisotopic (exact) mass is 459 g/mol. The van der Waals surface area contributed by atoms with Gasteiger partial charge in [0.2, 0.25) is 0 Å². The molecule has 1 amide bonds. The number of pyridine rings is 2. The lowest BCUT2D eigenvalue weighted by atomic mass is 10.1. The second-order valence-electron chi connectivity index (χ2n) is 8.50. The summed E-state index contributed by atoms with van der Waals surface area (Å²) in [5, 5.41) is 21.7. The highest BCUT2D eigenvalue weighted by Crippen LogP contribution is 2.34. The molecule has 2 heterocycles. The number of nitriles is 1. The van der Waals surface area contributed by atoms with Gasteiger partial charge in [-0.15, -0.1) is 0 Å². The van der Waals surface area contributed by atoms with Gasteiger partial charge in [-0.05, 0) is 68.0 Å². The van der Waals surface area contributed by atoms with Gasteiger partial charge in [-0.1, -0.05) is 12.1 Å². The van der Waals surface area contributed by atoms with E-state index < -0.39 is 12.0 Å². The third-order valence-corrected chi connectivity index (χ3v) is 5.82. The minimum Gasteiger partial charge on any atom is -0.374 e. The Labute approximate surface area is 197 Å². The fourth-order valence-corrected chi connectivity index (χ4v) is 3.69. The molecule has 34 heavy (non-hydrogen) atoms. The van der Waals surface area contributed by atoms with Gasteiger partial charge in [0.25, 0.3) is 5.91 Å². The molecule has 1 aliphatic carbocycles. The molecule has 7 nitrogen and oxygen atoms in total. The molecular weight excluding hydrogens is 433 g/mol. The molecule has 2 N–H and O–H groups in total. The van der Waals surface area contributed by atoms with Gasteiger partial charge in [0.05, 0.1) is 16.9 Å². The van der Waals surface area contributed by atoms with Crippen molar-refractivity contribution in [2.75, 3.05) is 18.0 Å². The maximum atomic E-state index is 14.9. The number of hydrogen-bond acceptors (Lipinski definition) is 6. The van der Waals surface area contributed by atoms with Crippen LogP contribution >= 0.6 is 0 Å². The van der Waals surface area contributed by atoms with E-state index in [1.54, 1.807) is 48.4 Å². The van der Waals surface area contributed by atoms with Crippen LogP contribution in [0.15, 0.2) is 54.9 Å². The van der Waals surface area contributed by atoms with E-state index in [0.29, 0.717) is 53.6 Å². The quantitative estimate of drug-likeness (QED) is 0.473. The lowest BCUT2D eigenvalue weighted by molar-refractivity contribution is 0.0953. The van der Waals surface area contributed by atoms with Crippen LogP contribution in [0.5, 0.6) is 0 Å². The second-order valence-corrected chi connectivity index (χ2v) is 8.50. The number of nitrogens with zero attached hydrogens (tertiary/aromatic N) is 4. The number of benzene rings is 1. The first-order valence-corrected chi connectivity index (χ1v) is 11.3. The summed E-state index contributed by atoms with van der Waals surface area (Å²) in [6.45, 7) is 2.70. The van der Waals surface area contributed by atoms with Gasteiger partial charge in [-0.2, -0.15) is 5.26 Å². The molecule has 0 bridgehead atoms. The molecule has 0 radical (unpaired) electrons. The van der Waals surface area contributed by atoms with E-state index in [1.807, 2.05) is 12.1 Å². The Hall–Kier alpha value is -3.83. The number of halogens is 1. The normalized spacial score (nSPS) is 13.7. The third kappa shape index (κ3) is 5.74. The number of carbonyl (C=O) groups excluding carboxylic acids is 1. The van der Waals surface area contributed by atoms with E-state index in [1.165, 1.54) is 12.3 Å². The summed E-state index contributed by atoms with van der Waals surface area (Å²) in [7, 11) is 0. The molecule has 3 aromatic rings. The van der Waals surface area contributed by atoms with Crippen molar-refractivity contribution >= 4 is 11.6 Å². The Balaban J connectivity index is 1.37. The SMILES string of the molecule is CC(O)N(CC1CC1)c1ccc(-c2ccc(C(=O)NCCc3ccc(C#N)nc3)cn2)cc1F. The maximum absolute atomic E-state index is 14.9. The number of anilines is 1. The molecule has 2 aromatic heterocycles. The van der Waals surface area contributed by atoms with Gasteiger partial charge in [0, 0.05) is 31.0 Å². The molecule has 0 spiro atoms. The summed E-state index contributed by atoms with van der Waals surface area (Å²) in [5.74, 6) is -0.162.